The third kappa shape index (κ3) is 3.72. The number of thiophene rings is 1. The van der Waals surface area contributed by atoms with Crippen molar-refractivity contribution in [3.05, 3.63) is 41.2 Å². The smallest absolute Gasteiger partial charge is 0.213 e. The van der Waals surface area contributed by atoms with Crippen molar-refractivity contribution < 1.29 is 9.47 Å². The van der Waals surface area contributed by atoms with Crippen molar-refractivity contribution in [2.75, 3.05) is 18.5 Å². The molecule has 1 aliphatic heterocycles. The minimum absolute atomic E-state index is 0.107. The van der Waals surface area contributed by atoms with Gasteiger partial charge in [0.25, 0.3) is 0 Å². The van der Waals surface area contributed by atoms with E-state index < -0.39 is 0 Å². The molecule has 130 valence electrons. The Hall–Kier alpha value is -2.25. The molecule has 3 aromatic heterocycles. The molecule has 0 bridgehead atoms. The predicted molar refractivity (Wildman–Crippen MR) is 98.2 cm³/mol. The monoisotopic (exact) mass is 356 g/mol. The third-order valence-electron chi connectivity index (χ3n) is 4.16. The number of ether oxygens (including phenoxy) is 2. The fraction of sp³-hybridized carbons (Fsp3) is 0.389. The van der Waals surface area contributed by atoms with Crippen molar-refractivity contribution in [3.63, 3.8) is 0 Å². The molecular weight excluding hydrogens is 336 g/mol. The first-order chi connectivity index (χ1) is 12.3. The van der Waals surface area contributed by atoms with Gasteiger partial charge in [-0.15, -0.1) is 11.3 Å². The Balaban J connectivity index is 1.47. The van der Waals surface area contributed by atoms with Gasteiger partial charge in [0.05, 0.1) is 18.6 Å². The van der Waals surface area contributed by atoms with E-state index in [4.69, 9.17) is 9.47 Å². The number of nitrogens with zero attached hydrogens (tertiary/aromatic N) is 3. The summed E-state index contributed by atoms with van der Waals surface area (Å²) in [4.78, 5) is 15.4. The van der Waals surface area contributed by atoms with Gasteiger partial charge in [-0.05, 0) is 24.1 Å². The highest BCUT2D eigenvalue weighted by Gasteiger charge is 2.17. The zero-order valence-electron chi connectivity index (χ0n) is 14.1. The molecule has 1 saturated heterocycles. The fourth-order valence-electron chi connectivity index (χ4n) is 2.81. The molecule has 0 spiro atoms. The van der Waals surface area contributed by atoms with Gasteiger partial charge in [-0.1, -0.05) is 6.92 Å². The summed E-state index contributed by atoms with van der Waals surface area (Å²) in [7, 11) is 0. The quantitative estimate of drug-likeness (QED) is 0.730. The summed E-state index contributed by atoms with van der Waals surface area (Å²) in [5.74, 6) is 1.51. The molecule has 25 heavy (non-hydrogen) atoms. The van der Waals surface area contributed by atoms with Crippen LogP contribution in [0, 0.1) is 0 Å². The minimum Gasteiger partial charge on any atom is -0.472 e. The number of nitrogens with one attached hydrogen (secondary N) is 1. The lowest BCUT2D eigenvalue weighted by molar-refractivity contribution is 0.138. The summed E-state index contributed by atoms with van der Waals surface area (Å²) < 4.78 is 11.2. The second-order valence-corrected chi connectivity index (χ2v) is 7.08. The van der Waals surface area contributed by atoms with Crippen molar-refractivity contribution in [1.29, 1.82) is 0 Å². The summed E-state index contributed by atoms with van der Waals surface area (Å²) in [5, 5.41) is 4.49. The highest BCUT2D eigenvalue weighted by molar-refractivity contribution is 7.18. The number of fused-ring (bicyclic) bond motifs is 1. The maximum Gasteiger partial charge on any atom is 0.213 e. The Bertz CT molecular complexity index is 861. The van der Waals surface area contributed by atoms with Crippen LogP contribution >= 0.6 is 11.3 Å². The van der Waals surface area contributed by atoms with Crippen molar-refractivity contribution in [2.45, 2.75) is 32.4 Å². The zero-order valence-corrected chi connectivity index (χ0v) is 14.9. The first-order valence-electron chi connectivity index (χ1n) is 8.48. The van der Waals surface area contributed by atoms with Gasteiger partial charge in [0.15, 0.2) is 0 Å². The molecule has 0 aromatic carbocycles. The maximum atomic E-state index is 5.87. The molecule has 3 aromatic rings. The molecule has 1 aliphatic rings. The largest absolute Gasteiger partial charge is 0.472 e. The van der Waals surface area contributed by atoms with Gasteiger partial charge in [-0.25, -0.2) is 15.0 Å². The van der Waals surface area contributed by atoms with Crippen molar-refractivity contribution >= 4 is 27.4 Å². The van der Waals surface area contributed by atoms with Gasteiger partial charge in [0.1, 0.15) is 23.1 Å². The first kappa shape index (κ1) is 16.2. The lowest BCUT2D eigenvalue weighted by Crippen LogP contribution is -2.16. The fourth-order valence-corrected chi connectivity index (χ4v) is 3.74. The summed E-state index contributed by atoms with van der Waals surface area (Å²) in [6, 6.07) is 6.12. The number of pyridine rings is 1. The van der Waals surface area contributed by atoms with Crippen LogP contribution in [0.25, 0.3) is 10.2 Å². The van der Waals surface area contributed by atoms with Crippen LogP contribution in [-0.2, 0) is 17.7 Å². The standard InChI is InChI=1S/C18H20N4O2S/c1-2-14-8-15-17(21-11-22-18(15)25-14)20-9-12-3-5-19-16(7-12)24-13-4-6-23-10-13/h3,5,7-8,11,13H,2,4,6,9-10H2,1H3,(H,20,21,22). The molecule has 0 radical (unpaired) electrons. The van der Waals surface area contributed by atoms with Crippen molar-refractivity contribution in [3.8, 4) is 5.88 Å². The van der Waals surface area contributed by atoms with Crippen LogP contribution in [-0.4, -0.2) is 34.3 Å². The average Bonchev–Trinajstić information content (AvgIpc) is 3.29. The SMILES string of the molecule is CCc1cc2c(NCc3ccnc(OC4CCOC4)c3)ncnc2s1. The predicted octanol–water partition coefficient (Wildman–Crippen LogP) is 3.43. The van der Waals surface area contributed by atoms with Crippen LogP contribution in [0.4, 0.5) is 5.82 Å². The second kappa shape index (κ2) is 7.33. The van der Waals surface area contributed by atoms with Gasteiger partial charge >= 0.3 is 0 Å². The van der Waals surface area contributed by atoms with Gasteiger partial charge in [-0.3, -0.25) is 0 Å². The minimum atomic E-state index is 0.107. The Kier molecular flexibility index (Phi) is 4.76. The Morgan fingerprint density at radius 2 is 2.28 bits per heavy atom. The number of aromatic nitrogens is 3. The van der Waals surface area contributed by atoms with Crippen LogP contribution < -0.4 is 10.1 Å². The van der Waals surface area contributed by atoms with Crippen LogP contribution in [0.3, 0.4) is 0 Å². The Labute approximate surface area is 150 Å². The molecule has 1 fully saturated rings. The Morgan fingerprint density at radius 1 is 1.32 bits per heavy atom. The van der Waals surface area contributed by atoms with Crippen LogP contribution in [0.5, 0.6) is 5.88 Å². The van der Waals surface area contributed by atoms with Crippen molar-refractivity contribution in [1.82, 2.24) is 15.0 Å². The highest BCUT2D eigenvalue weighted by atomic mass is 32.1. The molecule has 6 nitrogen and oxygen atoms in total. The van der Waals surface area contributed by atoms with Gasteiger partial charge in [0.2, 0.25) is 5.88 Å². The third-order valence-corrected chi connectivity index (χ3v) is 5.35. The summed E-state index contributed by atoms with van der Waals surface area (Å²) in [6.45, 7) is 4.21. The first-order valence-corrected chi connectivity index (χ1v) is 9.30. The van der Waals surface area contributed by atoms with Crippen LogP contribution in [0.15, 0.2) is 30.7 Å². The molecule has 0 saturated carbocycles. The molecule has 7 heteroatoms. The van der Waals surface area contributed by atoms with E-state index in [9.17, 15) is 0 Å². The topological polar surface area (TPSA) is 69.2 Å². The summed E-state index contributed by atoms with van der Waals surface area (Å²) >= 11 is 1.72. The number of aryl methyl sites for hydroxylation is 1. The highest BCUT2D eigenvalue weighted by Crippen LogP contribution is 2.28. The molecule has 1 N–H and O–H groups in total. The number of rotatable bonds is 6. The number of hydrogen-bond donors (Lipinski definition) is 1. The van der Waals surface area contributed by atoms with Crippen LogP contribution in [0.2, 0.25) is 0 Å². The van der Waals surface area contributed by atoms with E-state index in [1.54, 1.807) is 23.9 Å². The summed E-state index contributed by atoms with van der Waals surface area (Å²) in [6.07, 6.45) is 5.42. The van der Waals surface area contributed by atoms with E-state index in [0.29, 0.717) is 19.0 Å². The average molecular weight is 356 g/mol. The van der Waals surface area contributed by atoms with E-state index in [-0.39, 0.29) is 6.10 Å². The van der Waals surface area contributed by atoms with E-state index >= 15 is 0 Å². The molecule has 0 amide bonds. The molecule has 4 heterocycles. The lowest BCUT2D eigenvalue weighted by Gasteiger charge is -2.12. The van der Waals surface area contributed by atoms with Crippen LogP contribution in [0.1, 0.15) is 23.8 Å². The maximum absolute atomic E-state index is 5.87. The van der Waals surface area contributed by atoms with E-state index in [1.165, 1.54) is 4.88 Å². The van der Waals surface area contributed by atoms with Gasteiger partial charge in [0, 0.05) is 30.1 Å². The normalized spacial score (nSPS) is 17.1. The Morgan fingerprint density at radius 3 is 3.12 bits per heavy atom. The number of hydrogen-bond acceptors (Lipinski definition) is 7. The van der Waals surface area contributed by atoms with E-state index in [0.717, 1.165) is 41.0 Å². The molecule has 0 aliphatic carbocycles. The second-order valence-electron chi connectivity index (χ2n) is 5.97. The van der Waals surface area contributed by atoms with Gasteiger partial charge < -0.3 is 14.8 Å². The van der Waals surface area contributed by atoms with E-state index in [2.05, 4.69) is 33.3 Å². The molecule has 4 rings (SSSR count). The zero-order chi connectivity index (χ0) is 17.1. The lowest BCUT2D eigenvalue weighted by atomic mass is 10.2. The van der Waals surface area contributed by atoms with Crippen molar-refractivity contribution in [2.24, 2.45) is 0 Å². The summed E-state index contributed by atoms with van der Waals surface area (Å²) in [5.41, 5.74) is 1.10. The van der Waals surface area contributed by atoms with Gasteiger partial charge in [-0.2, -0.15) is 0 Å². The molecule has 1 atom stereocenters. The number of anilines is 1. The van der Waals surface area contributed by atoms with E-state index in [1.807, 2.05) is 12.1 Å². The molecular formula is C18H20N4O2S. The molecule has 1 unspecified atom stereocenters.